The molecule has 168 valence electrons. The Morgan fingerprint density at radius 3 is 2.55 bits per heavy atom. The second-order valence-electron chi connectivity index (χ2n) is 6.95. The van der Waals surface area contributed by atoms with Crippen LogP contribution in [0.3, 0.4) is 0 Å². The Kier molecular flexibility index (Phi) is 10.2. The molecule has 2 amide bonds. The van der Waals surface area contributed by atoms with Crippen molar-refractivity contribution < 1.29 is 24.2 Å². The van der Waals surface area contributed by atoms with Crippen molar-refractivity contribution in [1.82, 2.24) is 9.80 Å². The Bertz CT molecular complexity index is 839. The number of aliphatic hydroxyl groups is 1. The van der Waals surface area contributed by atoms with E-state index in [0.29, 0.717) is 40.8 Å². The zero-order valence-electron chi connectivity index (χ0n) is 17.8. The summed E-state index contributed by atoms with van der Waals surface area (Å²) in [6.07, 6.45) is 4.51. The number of benzene rings is 1. The number of unbranched alkanes of at least 4 members (excludes halogenated alkanes) is 2. The van der Waals surface area contributed by atoms with Gasteiger partial charge in [0.05, 0.1) is 24.2 Å². The first kappa shape index (κ1) is 25.0. The number of nitrogens with zero attached hydrogens (tertiary/aromatic N) is 2. The number of thiocarbonyl (C=S) groups is 1. The molecule has 1 heterocycles. The molecule has 0 bridgehead atoms. The molecule has 31 heavy (non-hydrogen) atoms. The van der Waals surface area contributed by atoms with Gasteiger partial charge in [-0.25, -0.2) is 4.79 Å². The van der Waals surface area contributed by atoms with E-state index in [2.05, 4.69) is 4.74 Å². The van der Waals surface area contributed by atoms with Crippen LogP contribution in [0.1, 0.15) is 48.5 Å². The van der Waals surface area contributed by atoms with Crippen LogP contribution in [-0.4, -0.2) is 70.4 Å². The van der Waals surface area contributed by atoms with Crippen LogP contribution in [0.25, 0.3) is 6.08 Å². The van der Waals surface area contributed by atoms with E-state index in [4.69, 9.17) is 17.3 Å². The smallest absolute Gasteiger partial charge is 0.337 e. The van der Waals surface area contributed by atoms with Crippen LogP contribution < -0.4 is 0 Å². The molecule has 0 saturated carbocycles. The molecule has 0 radical (unpaired) electrons. The van der Waals surface area contributed by atoms with Gasteiger partial charge in [0.1, 0.15) is 4.32 Å². The first-order valence-corrected chi connectivity index (χ1v) is 11.5. The fraction of sp³-hybridized carbons (Fsp3) is 0.455. The standard InChI is InChI=1S/C22H28N2O5S2/c1-3-23(13-14-25)19(26)7-5-4-6-12-24-20(27)18(31-22(24)30)15-16-8-10-17(11-9-16)21(28)29-2/h8-11,15,25H,3-7,12-14H2,1-2H3. The van der Waals surface area contributed by atoms with Crippen molar-refractivity contribution >= 4 is 52.2 Å². The maximum atomic E-state index is 12.7. The number of methoxy groups -OCH3 is 1. The summed E-state index contributed by atoms with van der Waals surface area (Å²) in [5.41, 5.74) is 1.25. The van der Waals surface area contributed by atoms with Crippen LogP contribution in [0.15, 0.2) is 29.2 Å². The van der Waals surface area contributed by atoms with Crippen LogP contribution in [0.2, 0.25) is 0 Å². The van der Waals surface area contributed by atoms with Gasteiger partial charge in [-0.05, 0) is 43.5 Å². The molecule has 1 N–H and O–H groups in total. The molecule has 1 fully saturated rings. The quantitative estimate of drug-likeness (QED) is 0.233. The Labute approximate surface area is 192 Å². The van der Waals surface area contributed by atoms with E-state index in [1.807, 2.05) is 6.92 Å². The Morgan fingerprint density at radius 2 is 1.94 bits per heavy atom. The van der Waals surface area contributed by atoms with Gasteiger partial charge in [-0.15, -0.1) is 0 Å². The van der Waals surface area contributed by atoms with Crippen molar-refractivity contribution in [3.63, 3.8) is 0 Å². The Morgan fingerprint density at radius 1 is 1.23 bits per heavy atom. The minimum absolute atomic E-state index is 0.0307. The highest BCUT2D eigenvalue weighted by atomic mass is 32.2. The van der Waals surface area contributed by atoms with Gasteiger partial charge in [0.25, 0.3) is 5.91 Å². The number of thioether (sulfide) groups is 1. The number of likely N-dealkylation sites (N-methyl/N-ethyl adjacent to an activating group) is 1. The van der Waals surface area contributed by atoms with E-state index in [1.54, 1.807) is 40.1 Å². The maximum Gasteiger partial charge on any atom is 0.337 e. The van der Waals surface area contributed by atoms with Gasteiger partial charge in [-0.2, -0.15) is 0 Å². The molecule has 0 unspecified atom stereocenters. The van der Waals surface area contributed by atoms with E-state index in [0.717, 1.165) is 24.8 Å². The van der Waals surface area contributed by atoms with Gasteiger partial charge in [0.2, 0.25) is 5.91 Å². The highest BCUT2D eigenvalue weighted by Crippen LogP contribution is 2.32. The number of hydrogen-bond acceptors (Lipinski definition) is 7. The summed E-state index contributed by atoms with van der Waals surface area (Å²) in [5, 5.41) is 8.99. The van der Waals surface area contributed by atoms with Gasteiger partial charge < -0.3 is 14.7 Å². The summed E-state index contributed by atoms with van der Waals surface area (Å²) >= 11 is 6.63. The molecular weight excluding hydrogens is 436 g/mol. The SMILES string of the molecule is CCN(CCO)C(=O)CCCCCN1C(=O)C(=Cc2ccc(C(=O)OC)cc2)SC1=S. The van der Waals surface area contributed by atoms with Crippen LogP contribution in [0.4, 0.5) is 0 Å². The van der Waals surface area contributed by atoms with E-state index in [1.165, 1.54) is 18.9 Å². The zero-order valence-corrected chi connectivity index (χ0v) is 19.5. The molecule has 0 atom stereocenters. The molecular formula is C22H28N2O5S2. The van der Waals surface area contributed by atoms with Crippen LogP contribution in [-0.2, 0) is 14.3 Å². The topological polar surface area (TPSA) is 87.2 Å². The van der Waals surface area contributed by atoms with Crippen LogP contribution >= 0.6 is 24.0 Å². The van der Waals surface area contributed by atoms with E-state index >= 15 is 0 Å². The lowest BCUT2D eigenvalue weighted by atomic mass is 10.1. The molecule has 9 heteroatoms. The molecule has 0 aromatic heterocycles. The number of esters is 1. The summed E-state index contributed by atoms with van der Waals surface area (Å²) in [7, 11) is 1.33. The Balaban J connectivity index is 1.83. The third kappa shape index (κ3) is 7.15. The number of amides is 2. The summed E-state index contributed by atoms with van der Waals surface area (Å²) in [4.78, 5) is 40.1. The maximum absolute atomic E-state index is 12.7. The van der Waals surface area contributed by atoms with Crippen LogP contribution in [0, 0.1) is 0 Å². The van der Waals surface area contributed by atoms with Crippen molar-refractivity contribution in [3.8, 4) is 0 Å². The van der Waals surface area contributed by atoms with E-state index in [9.17, 15) is 14.4 Å². The zero-order chi connectivity index (χ0) is 22.8. The molecule has 0 aliphatic carbocycles. The fourth-order valence-electron chi connectivity index (χ4n) is 3.14. The molecule has 1 aromatic rings. The summed E-state index contributed by atoms with van der Waals surface area (Å²) < 4.78 is 5.21. The minimum atomic E-state index is -0.407. The number of carbonyl (C=O) groups excluding carboxylic acids is 3. The predicted octanol–water partition coefficient (Wildman–Crippen LogP) is 3.08. The van der Waals surface area contributed by atoms with E-state index < -0.39 is 5.97 Å². The normalized spacial score (nSPS) is 14.9. The van der Waals surface area contributed by atoms with Gasteiger partial charge in [0, 0.05) is 26.1 Å². The van der Waals surface area contributed by atoms with Crippen molar-refractivity contribution in [2.45, 2.75) is 32.6 Å². The predicted molar refractivity (Wildman–Crippen MR) is 125 cm³/mol. The largest absolute Gasteiger partial charge is 0.465 e. The molecule has 1 saturated heterocycles. The second kappa shape index (κ2) is 12.6. The monoisotopic (exact) mass is 464 g/mol. The summed E-state index contributed by atoms with van der Waals surface area (Å²) in [6, 6.07) is 6.82. The lowest BCUT2D eigenvalue weighted by Crippen LogP contribution is -2.33. The van der Waals surface area contributed by atoms with Crippen molar-refractivity contribution in [2.24, 2.45) is 0 Å². The highest BCUT2D eigenvalue weighted by molar-refractivity contribution is 8.26. The van der Waals surface area contributed by atoms with Gasteiger partial charge in [-0.3, -0.25) is 14.5 Å². The fourth-order valence-corrected chi connectivity index (χ4v) is 4.45. The number of rotatable bonds is 11. The number of ether oxygens (including phenoxy) is 1. The Hall–Kier alpha value is -2.23. The average molecular weight is 465 g/mol. The number of aliphatic hydroxyl groups excluding tert-OH is 1. The lowest BCUT2D eigenvalue weighted by molar-refractivity contribution is -0.131. The van der Waals surface area contributed by atoms with Crippen molar-refractivity contribution in [3.05, 3.63) is 40.3 Å². The molecule has 1 aliphatic heterocycles. The molecule has 2 rings (SSSR count). The molecule has 7 nitrogen and oxygen atoms in total. The van der Waals surface area contributed by atoms with E-state index in [-0.39, 0.29) is 18.4 Å². The highest BCUT2D eigenvalue weighted by Gasteiger charge is 2.31. The van der Waals surface area contributed by atoms with Crippen molar-refractivity contribution in [1.29, 1.82) is 0 Å². The molecule has 1 aliphatic rings. The van der Waals surface area contributed by atoms with Crippen LogP contribution in [0.5, 0.6) is 0 Å². The average Bonchev–Trinajstić information content (AvgIpc) is 3.04. The summed E-state index contributed by atoms with van der Waals surface area (Å²) in [6.45, 7) is 3.34. The summed E-state index contributed by atoms with van der Waals surface area (Å²) in [5.74, 6) is -0.484. The molecule has 0 spiro atoms. The minimum Gasteiger partial charge on any atom is -0.465 e. The van der Waals surface area contributed by atoms with Gasteiger partial charge >= 0.3 is 5.97 Å². The number of hydrogen-bond donors (Lipinski definition) is 1. The third-order valence-corrected chi connectivity index (χ3v) is 6.26. The van der Waals surface area contributed by atoms with Gasteiger partial charge in [0.15, 0.2) is 0 Å². The van der Waals surface area contributed by atoms with Gasteiger partial charge in [-0.1, -0.05) is 42.5 Å². The molecule has 1 aromatic carbocycles. The third-order valence-electron chi connectivity index (χ3n) is 4.88. The number of carbonyl (C=O) groups is 3. The second-order valence-corrected chi connectivity index (χ2v) is 8.63. The first-order chi connectivity index (χ1) is 14.9. The first-order valence-electron chi connectivity index (χ1n) is 10.2. The lowest BCUT2D eigenvalue weighted by Gasteiger charge is -2.19. The van der Waals surface area contributed by atoms with Crippen molar-refractivity contribution in [2.75, 3.05) is 33.4 Å².